The van der Waals surface area contributed by atoms with E-state index < -0.39 is 11.6 Å². The van der Waals surface area contributed by atoms with Crippen LogP contribution >= 0.6 is 22.6 Å². The molecular weight excluding hydrogens is 353 g/mol. The van der Waals surface area contributed by atoms with Gasteiger partial charge in [0.05, 0.1) is 5.56 Å². The molecule has 0 saturated carbocycles. The van der Waals surface area contributed by atoms with E-state index in [0.29, 0.717) is 16.7 Å². The molecular formula is C12H13F2IN2O. The van der Waals surface area contributed by atoms with Crippen LogP contribution in [0.25, 0.3) is 0 Å². The van der Waals surface area contributed by atoms with E-state index in [1.54, 1.807) is 4.90 Å². The summed E-state index contributed by atoms with van der Waals surface area (Å²) in [6.45, 7) is 1.08. The molecule has 98 valence electrons. The maximum atomic E-state index is 13.2. The molecule has 0 bridgehead atoms. The lowest BCUT2D eigenvalue weighted by molar-refractivity contribution is 0.0707. The van der Waals surface area contributed by atoms with Crippen molar-refractivity contribution in [2.45, 2.75) is 18.9 Å². The maximum Gasteiger partial charge on any atom is 0.255 e. The predicted octanol–water partition coefficient (Wildman–Crippen LogP) is 2.13. The van der Waals surface area contributed by atoms with Crippen LogP contribution in [0.1, 0.15) is 23.2 Å². The topological polar surface area (TPSA) is 46.3 Å². The summed E-state index contributed by atoms with van der Waals surface area (Å²) in [4.78, 5) is 13.8. The summed E-state index contributed by atoms with van der Waals surface area (Å²) in [6, 6.07) is 1.96. The zero-order chi connectivity index (χ0) is 13.3. The van der Waals surface area contributed by atoms with Crippen molar-refractivity contribution in [1.29, 1.82) is 0 Å². The van der Waals surface area contributed by atoms with Crippen LogP contribution in [-0.2, 0) is 0 Å². The lowest BCUT2D eigenvalue weighted by atomic mass is 10.1. The molecule has 0 spiro atoms. The third kappa shape index (κ3) is 2.80. The molecule has 1 atom stereocenters. The molecule has 0 radical (unpaired) electrons. The van der Waals surface area contributed by atoms with Crippen LogP contribution in [0.15, 0.2) is 12.1 Å². The zero-order valence-corrected chi connectivity index (χ0v) is 11.8. The zero-order valence-electron chi connectivity index (χ0n) is 9.63. The summed E-state index contributed by atoms with van der Waals surface area (Å²) < 4.78 is 26.6. The molecule has 1 saturated heterocycles. The summed E-state index contributed by atoms with van der Waals surface area (Å²) in [5.74, 6) is -2.22. The van der Waals surface area contributed by atoms with Crippen molar-refractivity contribution in [3.63, 3.8) is 0 Å². The van der Waals surface area contributed by atoms with Gasteiger partial charge in [-0.1, -0.05) is 0 Å². The van der Waals surface area contributed by atoms with E-state index in [1.807, 2.05) is 22.6 Å². The number of nitrogens with zero attached hydrogens (tertiary/aromatic N) is 1. The van der Waals surface area contributed by atoms with Crippen LogP contribution in [0, 0.1) is 15.2 Å². The Morgan fingerprint density at radius 3 is 2.72 bits per heavy atom. The maximum absolute atomic E-state index is 13.2. The van der Waals surface area contributed by atoms with Crippen LogP contribution in [-0.4, -0.2) is 29.9 Å². The van der Waals surface area contributed by atoms with Crippen molar-refractivity contribution in [3.05, 3.63) is 32.9 Å². The van der Waals surface area contributed by atoms with Crippen LogP contribution in [0.2, 0.25) is 0 Å². The molecule has 0 aliphatic carbocycles. The molecule has 1 amide bonds. The van der Waals surface area contributed by atoms with E-state index in [2.05, 4.69) is 0 Å². The van der Waals surface area contributed by atoms with Crippen LogP contribution in [0.3, 0.4) is 0 Å². The molecule has 3 nitrogen and oxygen atoms in total. The quantitative estimate of drug-likeness (QED) is 0.612. The van der Waals surface area contributed by atoms with E-state index in [0.717, 1.165) is 25.0 Å². The smallest absolute Gasteiger partial charge is 0.255 e. The Labute approximate surface area is 117 Å². The lowest BCUT2D eigenvalue weighted by Crippen LogP contribution is -2.45. The molecule has 2 N–H and O–H groups in total. The molecule has 1 aromatic carbocycles. The minimum atomic E-state index is -1.000. The highest BCUT2D eigenvalue weighted by molar-refractivity contribution is 14.1. The monoisotopic (exact) mass is 366 g/mol. The van der Waals surface area contributed by atoms with Crippen LogP contribution < -0.4 is 5.73 Å². The number of nitrogens with two attached hydrogens (primary N) is 1. The minimum absolute atomic E-state index is 0.0364. The van der Waals surface area contributed by atoms with E-state index in [4.69, 9.17) is 5.73 Å². The Balaban J connectivity index is 2.25. The first-order valence-corrected chi connectivity index (χ1v) is 6.76. The molecule has 1 aliphatic rings. The van der Waals surface area contributed by atoms with Gasteiger partial charge in [-0.25, -0.2) is 8.78 Å². The molecule has 18 heavy (non-hydrogen) atoms. The SMILES string of the molecule is NC1CCCN(C(=O)c2cc(F)c(F)cc2I)C1. The number of halogens is 3. The van der Waals surface area contributed by atoms with Gasteiger partial charge in [0, 0.05) is 22.7 Å². The second kappa shape index (κ2) is 5.48. The van der Waals surface area contributed by atoms with E-state index in [1.165, 1.54) is 0 Å². The van der Waals surface area contributed by atoms with Gasteiger partial charge in [0.15, 0.2) is 11.6 Å². The molecule has 1 fully saturated rings. The van der Waals surface area contributed by atoms with Gasteiger partial charge in [-0.05, 0) is 47.6 Å². The fraction of sp³-hybridized carbons (Fsp3) is 0.417. The number of carbonyl (C=O) groups is 1. The number of piperidine rings is 1. The van der Waals surface area contributed by atoms with Crippen molar-refractivity contribution >= 4 is 28.5 Å². The fourth-order valence-corrected chi connectivity index (χ4v) is 2.71. The third-order valence-corrected chi connectivity index (χ3v) is 3.88. The summed E-state index contributed by atoms with van der Waals surface area (Å²) in [6.07, 6.45) is 1.73. The predicted molar refractivity (Wildman–Crippen MR) is 72.2 cm³/mol. The van der Waals surface area contributed by atoms with Gasteiger partial charge in [-0.15, -0.1) is 0 Å². The Kier molecular flexibility index (Phi) is 4.16. The number of carbonyl (C=O) groups excluding carboxylic acids is 1. The second-order valence-corrected chi connectivity index (χ2v) is 5.56. The number of hydrogen-bond donors (Lipinski definition) is 1. The Morgan fingerprint density at radius 1 is 1.39 bits per heavy atom. The minimum Gasteiger partial charge on any atom is -0.337 e. The lowest BCUT2D eigenvalue weighted by Gasteiger charge is -2.31. The highest BCUT2D eigenvalue weighted by Crippen LogP contribution is 2.20. The average molecular weight is 366 g/mol. The number of benzene rings is 1. The molecule has 1 unspecified atom stereocenters. The molecule has 0 aromatic heterocycles. The summed E-state index contributed by atoms with van der Waals surface area (Å²) in [5, 5.41) is 0. The Bertz CT molecular complexity index is 481. The third-order valence-electron chi connectivity index (χ3n) is 2.99. The number of rotatable bonds is 1. The number of likely N-dealkylation sites (tertiary alicyclic amines) is 1. The van der Waals surface area contributed by atoms with Crippen molar-refractivity contribution in [2.75, 3.05) is 13.1 Å². The van der Waals surface area contributed by atoms with E-state index >= 15 is 0 Å². The normalized spacial score (nSPS) is 20.0. The first kappa shape index (κ1) is 13.7. The van der Waals surface area contributed by atoms with Gasteiger partial charge >= 0.3 is 0 Å². The summed E-state index contributed by atoms with van der Waals surface area (Å²) in [5.41, 5.74) is 6.00. The standard InChI is InChI=1S/C12H13F2IN2O/c13-9-4-8(11(15)5-10(9)14)12(18)17-3-1-2-7(16)6-17/h4-5,7H,1-3,6,16H2. The van der Waals surface area contributed by atoms with Crippen LogP contribution in [0.5, 0.6) is 0 Å². The Morgan fingerprint density at radius 2 is 2.06 bits per heavy atom. The summed E-state index contributed by atoms with van der Waals surface area (Å²) >= 11 is 1.83. The van der Waals surface area contributed by atoms with Crippen molar-refractivity contribution in [1.82, 2.24) is 4.90 Å². The molecule has 1 heterocycles. The van der Waals surface area contributed by atoms with E-state index in [-0.39, 0.29) is 17.5 Å². The van der Waals surface area contributed by atoms with E-state index in [9.17, 15) is 13.6 Å². The van der Waals surface area contributed by atoms with Gasteiger partial charge in [0.1, 0.15) is 0 Å². The first-order valence-electron chi connectivity index (χ1n) is 5.68. The molecule has 1 aromatic rings. The van der Waals surface area contributed by atoms with Gasteiger partial charge in [0.25, 0.3) is 5.91 Å². The average Bonchev–Trinajstić information content (AvgIpc) is 2.33. The number of amides is 1. The highest BCUT2D eigenvalue weighted by atomic mass is 127. The van der Waals surface area contributed by atoms with Crippen molar-refractivity contribution in [2.24, 2.45) is 5.73 Å². The van der Waals surface area contributed by atoms with Gasteiger partial charge in [0.2, 0.25) is 0 Å². The largest absolute Gasteiger partial charge is 0.337 e. The van der Waals surface area contributed by atoms with Gasteiger partial charge in [-0.3, -0.25) is 4.79 Å². The summed E-state index contributed by atoms with van der Waals surface area (Å²) in [7, 11) is 0. The van der Waals surface area contributed by atoms with Crippen molar-refractivity contribution in [3.8, 4) is 0 Å². The molecule has 1 aliphatic heterocycles. The molecule has 2 rings (SSSR count). The van der Waals surface area contributed by atoms with Gasteiger partial charge < -0.3 is 10.6 Å². The molecule has 6 heteroatoms. The first-order chi connectivity index (χ1) is 8.49. The Hall–Kier alpha value is -0.760. The number of hydrogen-bond acceptors (Lipinski definition) is 2. The fourth-order valence-electron chi connectivity index (χ4n) is 2.05. The van der Waals surface area contributed by atoms with Crippen LogP contribution in [0.4, 0.5) is 8.78 Å². The highest BCUT2D eigenvalue weighted by Gasteiger charge is 2.24. The second-order valence-electron chi connectivity index (χ2n) is 4.40. The van der Waals surface area contributed by atoms with Crippen molar-refractivity contribution < 1.29 is 13.6 Å². The van der Waals surface area contributed by atoms with Gasteiger partial charge in [-0.2, -0.15) is 0 Å².